The van der Waals surface area contributed by atoms with E-state index >= 15 is 0 Å². The van der Waals surface area contributed by atoms with E-state index in [2.05, 4.69) is 35.8 Å². The summed E-state index contributed by atoms with van der Waals surface area (Å²) in [4.78, 5) is 19.1. The molecule has 3 aromatic heterocycles. The molecule has 0 amide bonds. The highest BCUT2D eigenvalue weighted by Crippen LogP contribution is 2.33. The van der Waals surface area contributed by atoms with Gasteiger partial charge in [0.2, 0.25) is 0 Å². The summed E-state index contributed by atoms with van der Waals surface area (Å²) < 4.78 is 6.70. The molecule has 28 heavy (non-hydrogen) atoms. The third kappa shape index (κ3) is 3.22. The number of nitrogens with zero attached hydrogens (tertiary/aromatic N) is 6. The number of Topliss-reactive ketones (excluding diaryl/α,β-unsaturated/α-hetero) is 1. The summed E-state index contributed by atoms with van der Waals surface area (Å²) in [6, 6.07) is 7.65. The van der Waals surface area contributed by atoms with Gasteiger partial charge < -0.3 is 19.9 Å². The fourth-order valence-corrected chi connectivity index (χ4v) is 2.64. The Morgan fingerprint density at radius 1 is 1.39 bits per heavy atom. The van der Waals surface area contributed by atoms with Crippen LogP contribution in [0.15, 0.2) is 39.0 Å². The van der Waals surface area contributed by atoms with Gasteiger partial charge in [0.15, 0.2) is 28.8 Å². The van der Waals surface area contributed by atoms with Gasteiger partial charge in [0.1, 0.15) is 6.10 Å². The SMILES string of the molecule is CCc1noc(/N=N/c2c(NCC(=O)C(C)O)nn3c2[nH]c2ccccc23)n1. The Bertz CT molecular complexity index is 1170. The van der Waals surface area contributed by atoms with Crippen molar-refractivity contribution in [3.05, 3.63) is 30.1 Å². The van der Waals surface area contributed by atoms with Crippen LogP contribution in [0.5, 0.6) is 0 Å². The van der Waals surface area contributed by atoms with Gasteiger partial charge in [0.25, 0.3) is 0 Å². The molecule has 4 aromatic rings. The highest BCUT2D eigenvalue weighted by atomic mass is 16.5. The smallest absolute Gasteiger partial charge is 0.366 e. The van der Waals surface area contributed by atoms with Crippen LogP contribution in [-0.2, 0) is 11.2 Å². The first-order chi connectivity index (χ1) is 13.6. The Balaban J connectivity index is 1.75. The van der Waals surface area contributed by atoms with Crippen molar-refractivity contribution in [2.75, 3.05) is 11.9 Å². The van der Waals surface area contributed by atoms with Gasteiger partial charge in [-0.2, -0.15) is 4.98 Å². The quantitative estimate of drug-likeness (QED) is 0.416. The molecule has 4 rings (SSSR count). The zero-order chi connectivity index (χ0) is 19.7. The molecule has 3 N–H and O–H groups in total. The molecule has 0 saturated carbocycles. The summed E-state index contributed by atoms with van der Waals surface area (Å²) in [6.07, 6.45) is -0.454. The second-order valence-electron chi connectivity index (χ2n) is 6.14. The number of imidazole rings is 1. The normalized spacial score (nSPS) is 13.0. The lowest BCUT2D eigenvalue weighted by atomic mass is 10.2. The third-order valence-corrected chi connectivity index (χ3v) is 4.15. The number of carbonyl (C=O) groups is 1. The third-order valence-electron chi connectivity index (χ3n) is 4.15. The minimum absolute atomic E-state index is 0.0262. The Hall–Kier alpha value is -3.60. The number of aromatic nitrogens is 5. The number of hydrogen-bond acceptors (Lipinski definition) is 9. The van der Waals surface area contributed by atoms with Crippen LogP contribution in [-0.4, -0.2) is 48.3 Å². The second kappa shape index (κ2) is 7.19. The molecule has 0 spiro atoms. The fourth-order valence-electron chi connectivity index (χ4n) is 2.64. The van der Waals surface area contributed by atoms with E-state index in [0.29, 0.717) is 29.4 Å². The first-order valence-electron chi connectivity index (χ1n) is 8.75. The van der Waals surface area contributed by atoms with Crippen LogP contribution in [0.25, 0.3) is 16.7 Å². The number of aryl methyl sites for hydroxylation is 1. The summed E-state index contributed by atoms with van der Waals surface area (Å²) in [5.74, 6) is 0.500. The van der Waals surface area contributed by atoms with Crippen molar-refractivity contribution in [2.45, 2.75) is 26.4 Å². The van der Waals surface area contributed by atoms with Crippen LogP contribution in [0.1, 0.15) is 19.7 Å². The number of fused-ring (bicyclic) bond motifs is 3. The van der Waals surface area contributed by atoms with Gasteiger partial charge in [0.05, 0.1) is 17.6 Å². The molecular weight excluding hydrogens is 364 g/mol. The van der Waals surface area contributed by atoms with Crippen molar-refractivity contribution in [1.82, 2.24) is 24.7 Å². The average molecular weight is 382 g/mol. The van der Waals surface area contributed by atoms with Gasteiger partial charge in [0, 0.05) is 6.42 Å². The van der Waals surface area contributed by atoms with Crippen molar-refractivity contribution in [1.29, 1.82) is 0 Å². The van der Waals surface area contributed by atoms with Gasteiger partial charge in [-0.1, -0.05) is 29.3 Å². The van der Waals surface area contributed by atoms with Crippen LogP contribution in [0.3, 0.4) is 0 Å². The lowest BCUT2D eigenvalue weighted by molar-refractivity contribution is -0.124. The number of aliphatic hydroxyl groups excluding tert-OH is 1. The predicted octanol–water partition coefficient (Wildman–Crippen LogP) is 2.54. The van der Waals surface area contributed by atoms with Gasteiger partial charge in [-0.15, -0.1) is 10.2 Å². The molecular formula is C17H18N8O3. The number of carbonyl (C=O) groups excluding carboxylic acids is 1. The van der Waals surface area contributed by atoms with Gasteiger partial charge in [-0.05, 0) is 19.1 Å². The largest absolute Gasteiger partial charge is 0.386 e. The zero-order valence-electron chi connectivity index (χ0n) is 15.2. The minimum atomic E-state index is -1.07. The van der Waals surface area contributed by atoms with E-state index < -0.39 is 6.10 Å². The zero-order valence-corrected chi connectivity index (χ0v) is 15.2. The van der Waals surface area contributed by atoms with Crippen molar-refractivity contribution in [3.63, 3.8) is 0 Å². The Morgan fingerprint density at radius 2 is 2.21 bits per heavy atom. The summed E-state index contributed by atoms with van der Waals surface area (Å²) in [6.45, 7) is 3.22. The Labute approximate surface area is 158 Å². The van der Waals surface area contributed by atoms with Crippen LogP contribution < -0.4 is 5.32 Å². The lowest BCUT2D eigenvalue weighted by Gasteiger charge is -2.04. The number of anilines is 1. The van der Waals surface area contributed by atoms with E-state index in [4.69, 9.17) is 4.52 Å². The first kappa shape index (κ1) is 17.8. The topological polar surface area (TPSA) is 146 Å². The van der Waals surface area contributed by atoms with Crippen molar-refractivity contribution in [2.24, 2.45) is 10.2 Å². The predicted molar refractivity (Wildman–Crippen MR) is 100 cm³/mol. The number of aromatic amines is 1. The lowest BCUT2D eigenvalue weighted by Crippen LogP contribution is -2.24. The molecule has 1 aromatic carbocycles. The molecule has 0 aliphatic carbocycles. The van der Waals surface area contributed by atoms with E-state index in [9.17, 15) is 9.90 Å². The maximum atomic E-state index is 11.8. The number of ketones is 1. The molecule has 0 aliphatic heterocycles. The first-order valence-corrected chi connectivity index (χ1v) is 8.75. The minimum Gasteiger partial charge on any atom is -0.386 e. The van der Waals surface area contributed by atoms with Crippen LogP contribution in [0.2, 0.25) is 0 Å². The van der Waals surface area contributed by atoms with E-state index in [0.717, 1.165) is 11.0 Å². The maximum absolute atomic E-state index is 11.8. The number of benzene rings is 1. The Morgan fingerprint density at radius 3 is 2.96 bits per heavy atom. The molecule has 11 heteroatoms. The molecule has 0 fully saturated rings. The number of H-pyrrole nitrogens is 1. The molecule has 1 atom stereocenters. The van der Waals surface area contributed by atoms with Crippen molar-refractivity contribution < 1.29 is 14.4 Å². The molecule has 3 heterocycles. The number of hydrogen-bond donors (Lipinski definition) is 3. The summed E-state index contributed by atoms with van der Waals surface area (Å²) in [5.41, 5.74) is 2.69. The number of rotatable bonds is 7. The van der Waals surface area contributed by atoms with Gasteiger partial charge in [-0.25, -0.2) is 4.52 Å². The molecule has 11 nitrogen and oxygen atoms in total. The molecule has 0 radical (unpaired) electrons. The molecule has 144 valence electrons. The van der Waals surface area contributed by atoms with Crippen molar-refractivity contribution >= 4 is 40.0 Å². The van der Waals surface area contributed by atoms with Crippen molar-refractivity contribution in [3.8, 4) is 0 Å². The Kier molecular flexibility index (Phi) is 4.57. The fraction of sp³-hybridized carbons (Fsp3) is 0.294. The molecule has 0 saturated heterocycles. The number of nitrogens with one attached hydrogen (secondary N) is 2. The highest BCUT2D eigenvalue weighted by Gasteiger charge is 2.19. The van der Waals surface area contributed by atoms with E-state index in [1.54, 1.807) is 4.52 Å². The average Bonchev–Trinajstić information content (AvgIpc) is 3.38. The van der Waals surface area contributed by atoms with Gasteiger partial charge >= 0.3 is 6.01 Å². The van der Waals surface area contributed by atoms with E-state index in [1.807, 2.05) is 31.2 Å². The number of aliphatic hydroxyl groups is 1. The number of para-hydroxylation sites is 2. The number of azo groups is 1. The standard InChI is InChI=1S/C17H18N8O3/c1-3-13-20-17(28-24-13)22-21-14-15(18-8-12(27)9(2)26)23-25-11-7-5-4-6-10(11)19-16(14)25/h4-7,9,19,26H,3,8H2,1-2H3,(H,18,23)/b22-21+. The summed E-state index contributed by atoms with van der Waals surface area (Å²) in [7, 11) is 0. The highest BCUT2D eigenvalue weighted by molar-refractivity contribution is 5.90. The van der Waals surface area contributed by atoms with Gasteiger partial charge in [-0.3, -0.25) is 4.79 Å². The molecule has 1 unspecified atom stereocenters. The summed E-state index contributed by atoms with van der Waals surface area (Å²) in [5, 5.41) is 28.8. The van der Waals surface area contributed by atoms with Crippen LogP contribution in [0, 0.1) is 0 Å². The second-order valence-corrected chi connectivity index (χ2v) is 6.14. The maximum Gasteiger partial charge on any atom is 0.366 e. The molecule has 0 aliphatic rings. The summed E-state index contributed by atoms with van der Waals surface area (Å²) >= 11 is 0. The van der Waals surface area contributed by atoms with E-state index in [-0.39, 0.29) is 18.3 Å². The monoisotopic (exact) mass is 382 g/mol. The van der Waals surface area contributed by atoms with Crippen LogP contribution >= 0.6 is 0 Å². The molecule has 0 bridgehead atoms. The van der Waals surface area contributed by atoms with E-state index in [1.165, 1.54) is 6.92 Å². The van der Waals surface area contributed by atoms with Crippen LogP contribution in [0.4, 0.5) is 17.5 Å².